The summed E-state index contributed by atoms with van der Waals surface area (Å²) in [7, 11) is 0. The van der Waals surface area contributed by atoms with E-state index in [1.807, 2.05) is 36.1 Å². The summed E-state index contributed by atoms with van der Waals surface area (Å²) in [6, 6.07) is 7.77. The van der Waals surface area contributed by atoms with Crippen LogP contribution in [0.1, 0.15) is 26.3 Å². The lowest BCUT2D eigenvalue weighted by molar-refractivity contribution is -0.130. The zero-order valence-corrected chi connectivity index (χ0v) is 11.7. The fourth-order valence-electron chi connectivity index (χ4n) is 1.75. The molecular weight excluding hydrogens is 230 g/mol. The highest BCUT2D eigenvalue weighted by Gasteiger charge is 2.13. The van der Waals surface area contributed by atoms with Gasteiger partial charge in [-0.15, -0.1) is 12.6 Å². The summed E-state index contributed by atoms with van der Waals surface area (Å²) in [5, 5.41) is 0. The van der Waals surface area contributed by atoms with Gasteiger partial charge in [0.1, 0.15) is 0 Å². The number of hydrogen-bond acceptors (Lipinski definition) is 2. The van der Waals surface area contributed by atoms with Gasteiger partial charge in [0.15, 0.2) is 0 Å². The molecule has 1 rings (SSSR count). The van der Waals surface area contributed by atoms with Crippen LogP contribution in [0, 0.1) is 5.92 Å². The van der Waals surface area contributed by atoms with Crippen molar-refractivity contribution in [2.45, 2.75) is 32.1 Å². The van der Waals surface area contributed by atoms with E-state index in [1.165, 1.54) is 0 Å². The molecule has 0 spiro atoms. The van der Waals surface area contributed by atoms with Crippen molar-refractivity contribution in [3.8, 4) is 0 Å². The maximum absolute atomic E-state index is 12.1. The maximum Gasteiger partial charge on any atom is 0.226 e. The highest BCUT2D eigenvalue weighted by molar-refractivity contribution is 7.80. The number of rotatable bonds is 5. The molecule has 0 aromatic heterocycles. The second-order valence-electron chi connectivity index (χ2n) is 4.67. The normalized spacial score (nSPS) is 10.6. The molecule has 1 aromatic carbocycles. The Bertz CT molecular complexity index is 359. The van der Waals surface area contributed by atoms with Crippen molar-refractivity contribution >= 4 is 18.5 Å². The number of hydrogen-bond donors (Lipinski definition) is 1. The molecule has 0 radical (unpaired) electrons. The van der Waals surface area contributed by atoms with Gasteiger partial charge in [0.2, 0.25) is 5.91 Å². The monoisotopic (exact) mass is 251 g/mol. The van der Waals surface area contributed by atoms with Crippen molar-refractivity contribution < 1.29 is 4.79 Å². The molecule has 0 N–H and O–H groups in total. The Morgan fingerprint density at radius 1 is 1.29 bits per heavy atom. The fourth-order valence-corrected chi connectivity index (χ4v) is 1.90. The van der Waals surface area contributed by atoms with E-state index >= 15 is 0 Å². The largest absolute Gasteiger partial charge is 0.342 e. The number of benzene rings is 1. The van der Waals surface area contributed by atoms with E-state index in [0.717, 1.165) is 23.5 Å². The standard InChI is InChI=1S/C14H21NOS/c1-4-15(10-11(2)3)14(16)9-12-5-7-13(17)8-6-12/h5-8,11,17H,4,9-10H2,1-3H3. The van der Waals surface area contributed by atoms with Crippen LogP contribution in [0.4, 0.5) is 0 Å². The van der Waals surface area contributed by atoms with Crippen LogP contribution < -0.4 is 0 Å². The second kappa shape index (κ2) is 6.70. The van der Waals surface area contributed by atoms with Crippen LogP contribution in [0.25, 0.3) is 0 Å². The first-order valence-corrected chi connectivity index (χ1v) is 6.53. The molecule has 0 aliphatic rings. The van der Waals surface area contributed by atoms with E-state index in [-0.39, 0.29) is 5.91 Å². The Kier molecular flexibility index (Phi) is 5.56. The molecular formula is C14H21NOS. The van der Waals surface area contributed by atoms with Gasteiger partial charge >= 0.3 is 0 Å². The van der Waals surface area contributed by atoms with Gasteiger partial charge in [-0.1, -0.05) is 26.0 Å². The van der Waals surface area contributed by atoms with Crippen molar-refractivity contribution in [1.29, 1.82) is 0 Å². The SMILES string of the molecule is CCN(CC(C)C)C(=O)Cc1ccc(S)cc1. The predicted molar refractivity (Wildman–Crippen MR) is 74.5 cm³/mol. The maximum atomic E-state index is 12.1. The van der Waals surface area contributed by atoms with E-state index < -0.39 is 0 Å². The topological polar surface area (TPSA) is 20.3 Å². The van der Waals surface area contributed by atoms with Crippen molar-refractivity contribution in [2.75, 3.05) is 13.1 Å². The molecule has 0 saturated carbocycles. The van der Waals surface area contributed by atoms with Gasteiger partial charge in [0.25, 0.3) is 0 Å². The molecule has 0 saturated heterocycles. The number of carbonyl (C=O) groups is 1. The molecule has 0 atom stereocenters. The minimum Gasteiger partial charge on any atom is -0.342 e. The molecule has 0 aliphatic heterocycles. The number of carbonyl (C=O) groups excluding carboxylic acids is 1. The van der Waals surface area contributed by atoms with E-state index in [4.69, 9.17) is 0 Å². The first-order chi connectivity index (χ1) is 8.02. The van der Waals surface area contributed by atoms with Gasteiger partial charge in [-0.05, 0) is 30.5 Å². The number of amides is 1. The second-order valence-corrected chi connectivity index (χ2v) is 5.19. The third-order valence-corrected chi connectivity index (χ3v) is 2.91. The molecule has 2 nitrogen and oxygen atoms in total. The predicted octanol–water partition coefficient (Wildman–Crippen LogP) is 3.02. The molecule has 0 aliphatic carbocycles. The van der Waals surface area contributed by atoms with E-state index in [1.54, 1.807) is 0 Å². The lowest BCUT2D eigenvalue weighted by atomic mass is 10.1. The van der Waals surface area contributed by atoms with Crippen LogP contribution in [0.3, 0.4) is 0 Å². The molecule has 1 amide bonds. The quantitative estimate of drug-likeness (QED) is 0.798. The van der Waals surface area contributed by atoms with Crippen molar-refractivity contribution in [1.82, 2.24) is 4.90 Å². The average molecular weight is 251 g/mol. The molecule has 94 valence electrons. The van der Waals surface area contributed by atoms with Crippen LogP contribution in [-0.2, 0) is 11.2 Å². The Labute approximate surface area is 109 Å². The molecule has 3 heteroatoms. The third kappa shape index (κ3) is 4.82. The van der Waals surface area contributed by atoms with Crippen LogP contribution in [0.15, 0.2) is 29.2 Å². The Morgan fingerprint density at radius 2 is 1.88 bits per heavy atom. The Morgan fingerprint density at radius 3 is 2.35 bits per heavy atom. The summed E-state index contributed by atoms with van der Waals surface area (Å²) < 4.78 is 0. The number of likely N-dealkylation sites (N-methyl/N-ethyl adjacent to an activating group) is 1. The molecule has 0 unspecified atom stereocenters. The Hall–Kier alpha value is -0.960. The highest BCUT2D eigenvalue weighted by Crippen LogP contribution is 2.10. The summed E-state index contributed by atoms with van der Waals surface area (Å²) in [5.41, 5.74) is 1.05. The Balaban J connectivity index is 2.60. The fraction of sp³-hybridized carbons (Fsp3) is 0.500. The summed E-state index contributed by atoms with van der Waals surface area (Å²) >= 11 is 4.23. The van der Waals surface area contributed by atoms with E-state index in [0.29, 0.717) is 12.3 Å². The average Bonchev–Trinajstić information content (AvgIpc) is 2.28. The minimum absolute atomic E-state index is 0.202. The molecule has 1 aromatic rings. The molecule has 17 heavy (non-hydrogen) atoms. The zero-order valence-electron chi connectivity index (χ0n) is 10.8. The van der Waals surface area contributed by atoms with Gasteiger partial charge < -0.3 is 4.90 Å². The molecule has 0 bridgehead atoms. The molecule has 0 fully saturated rings. The third-order valence-electron chi connectivity index (χ3n) is 2.61. The van der Waals surface area contributed by atoms with Gasteiger partial charge in [0, 0.05) is 18.0 Å². The van der Waals surface area contributed by atoms with Crippen molar-refractivity contribution in [3.63, 3.8) is 0 Å². The summed E-state index contributed by atoms with van der Waals surface area (Å²) in [4.78, 5) is 14.9. The highest BCUT2D eigenvalue weighted by atomic mass is 32.1. The first-order valence-electron chi connectivity index (χ1n) is 6.08. The number of nitrogens with zero attached hydrogens (tertiary/aromatic N) is 1. The summed E-state index contributed by atoms with van der Waals surface area (Å²) in [5.74, 6) is 0.715. The zero-order chi connectivity index (χ0) is 12.8. The van der Waals surface area contributed by atoms with Gasteiger partial charge in [-0.25, -0.2) is 0 Å². The van der Waals surface area contributed by atoms with Crippen LogP contribution in [0.5, 0.6) is 0 Å². The summed E-state index contributed by atoms with van der Waals surface area (Å²) in [6.07, 6.45) is 0.481. The smallest absolute Gasteiger partial charge is 0.226 e. The lowest BCUT2D eigenvalue weighted by Gasteiger charge is -2.23. The van der Waals surface area contributed by atoms with Crippen molar-refractivity contribution in [2.24, 2.45) is 5.92 Å². The van der Waals surface area contributed by atoms with Gasteiger partial charge in [-0.3, -0.25) is 4.79 Å². The van der Waals surface area contributed by atoms with Crippen LogP contribution in [0.2, 0.25) is 0 Å². The van der Waals surface area contributed by atoms with E-state index in [9.17, 15) is 4.79 Å². The van der Waals surface area contributed by atoms with Crippen molar-refractivity contribution in [3.05, 3.63) is 29.8 Å². The molecule has 0 heterocycles. The first kappa shape index (κ1) is 14.1. The van der Waals surface area contributed by atoms with Gasteiger partial charge in [0.05, 0.1) is 6.42 Å². The van der Waals surface area contributed by atoms with E-state index in [2.05, 4.69) is 26.5 Å². The van der Waals surface area contributed by atoms with Gasteiger partial charge in [-0.2, -0.15) is 0 Å². The minimum atomic E-state index is 0.202. The lowest BCUT2D eigenvalue weighted by Crippen LogP contribution is -2.35. The van der Waals surface area contributed by atoms with Crippen LogP contribution >= 0.6 is 12.6 Å². The van der Waals surface area contributed by atoms with Crippen LogP contribution in [-0.4, -0.2) is 23.9 Å². The number of thiol groups is 1. The summed E-state index contributed by atoms with van der Waals surface area (Å²) in [6.45, 7) is 7.90.